The number of nitrogens with zero attached hydrogens (tertiary/aromatic N) is 5. The van der Waals surface area contributed by atoms with Gasteiger partial charge in [0, 0.05) is 10.0 Å². The molecule has 0 fully saturated rings. The molecule has 0 radical (unpaired) electrons. The van der Waals surface area contributed by atoms with Crippen molar-refractivity contribution in [2.24, 2.45) is 5.10 Å². The Morgan fingerprint density at radius 1 is 0.946 bits per heavy atom. The van der Waals surface area contributed by atoms with Crippen LogP contribution in [0.1, 0.15) is 28.7 Å². The Kier molecular flexibility index (Phi) is 6.15. The zero-order chi connectivity index (χ0) is 25.6. The molecule has 1 unspecified atom stereocenters. The van der Waals surface area contributed by atoms with Crippen LogP contribution in [-0.2, 0) is 24.9 Å². The van der Waals surface area contributed by atoms with Crippen molar-refractivity contribution in [2.75, 3.05) is 18.2 Å². The molecule has 6 rings (SSSR count). The second kappa shape index (κ2) is 9.49. The van der Waals surface area contributed by atoms with Crippen LogP contribution in [-0.4, -0.2) is 38.3 Å². The van der Waals surface area contributed by atoms with Crippen LogP contribution in [0.5, 0.6) is 0 Å². The van der Waals surface area contributed by atoms with Crippen molar-refractivity contribution < 1.29 is 5.11 Å². The number of aliphatic hydroxyl groups excluding tert-OH is 1. The van der Waals surface area contributed by atoms with Crippen molar-refractivity contribution in [3.63, 3.8) is 0 Å². The highest BCUT2D eigenvalue weighted by Gasteiger charge is 2.49. The van der Waals surface area contributed by atoms with Crippen LogP contribution in [0.4, 0.5) is 5.95 Å². The summed E-state index contributed by atoms with van der Waals surface area (Å²) >= 11 is 12.2. The fourth-order valence-electron chi connectivity index (χ4n) is 5.52. The van der Waals surface area contributed by atoms with Gasteiger partial charge in [-0.3, -0.25) is 4.57 Å². The SMILES string of the molecule is O=c1n(Cc2ccc(Cl)cc2)nc(N2CC3(CCc4ccccc43)C(c3ccc(Cl)cc3)=N2)n1CCO. The Bertz CT molecular complexity index is 1540. The predicted octanol–water partition coefficient (Wildman–Crippen LogP) is 4.50. The van der Waals surface area contributed by atoms with E-state index in [2.05, 4.69) is 24.3 Å². The molecule has 1 aromatic heterocycles. The third kappa shape index (κ3) is 4.17. The molecule has 37 heavy (non-hydrogen) atoms. The van der Waals surface area contributed by atoms with Gasteiger partial charge in [-0.2, -0.15) is 5.10 Å². The Labute approximate surface area is 224 Å². The van der Waals surface area contributed by atoms with Crippen LogP contribution in [0.3, 0.4) is 0 Å². The van der Waals surface area contributed by atoms with E-state index in [9.17, 15) is 9.90 Å². The summed E-state index contributed by atoms with van der Waals surface area (Å²) in [4.78, 5) is 13.3. The molecule has 3 aromatic carbocycles. The maximum atomic E-state index is 13.3. The molecule has 4 aromatic rings. The van der Waals surface area contributed by atoms with Gasteiger partial charge in [-0.15, -0.1) is 5.10 Å². The third-order valence-electron chi connectivity index (χ3n) is 7.27. The number of aryl methyl sites for hydroxylation is 1. The fourth-order valence-corrected chi connectivity index (χ4v) is 5.77. The van der Waals surface area contributed by atoms with Crippen LogP contribution in [0.15, 0.2) is 82.7 Å². The van der Waals surface area contributed by atoms with E-state index in [0.717, 1.165) is 29.7 Å². The largest absolute Gasteiger partial charge is 0.395 e. The van der Waals surface area contributed by atoms with Crippen molar-refractivity contribution in [3.05, 3.63) is 116 Å². The van der Waals surface area contributed by atoms with Gasteiger partial charge in [0.15, 0.2) is 0 Å². The van der Waals surface area contributed by atoms with Crippen LogP contribution in [0.2, 0.25) is 10.0 Å². The first-order valence-electron chi connectivity index (χ1n) is 12.2. The van der Waals surface area contributed by atoms with Crippen molar-refractivity contribution in [3.8, 4) is 0 Å². The predicted molar refractivity (Wildman–Crippen MR) is 146 cm³/mol. The highest BCUT2D eigenvalue weighted by Crippen LogP contribution is 2.46. The Morgan fingerprint density at radius 3 is 2.38 bits per heavy atom. The monoisotopic (exact) mass is 533 g/mol. The van der Waals surface area contributed by atoms with Gasteiger partial charge in [0.25, 0.3) is 0 Å². The van der Waals surface area contributed by atoms with Gasteiger partial charge in [-0.1, -0.05) is 71.7 Å². The van der Waals surface area contributed by atoms with Crippen molar-refractivity contribution >= 4 is 34.9 Å². The van der Waals surface area contributed by atoms with Gasteiger partial charge < -0.3 is 5.11 Å². The maximum Gasteiger partial charge on any atom is 0.347 e. The number of hydrogen-bond donors (Lipinski definition) is 1. The molecule has 188 valence electrons. The highest BCUT2D eigenvalue weighted by atomic mass is 35.5. The number of fused-ring (bicyclic) bond motifs is 2. The number of rotatable bonds is 6. The minimum atomic E-state index is -0.343. The molecule has 0 saturated heterocycles. The molecule has 1 aliphatic carbocycles. The van der Waals surface area contributed by atoms with E-state index in [1.54, 1.807) is 12.1 Å². The fraction of sp³-hybridized carbons (Fsp3) is 0.250. The molecule has 7 nitrogen and oxygen atoms in total. The molecule has 0 amide bonds. The lowest BCUT2D eigenvalue weighted by Crippen LogP contribution is -2.37. The average molecular weight is 534 g/mol. The number of benzene rings is 3. The van der Waals surface area contributed by atoms with E-state index in [-0.39, 0.29) is 30.8 Å². The zero-order valence-electron chi connectivity index (χ0n) is 20.0. The lowest BCUT2D eigenvalue weighted by Gasteiger charge is -2.27. The Hall–Kier alpha value is -3.39. The quantitative estimate of drug-likeness (QED) is 0.396. The summed E-state index contributed by atoms with van der Waals surface area (Å²) in [7, 11) is 0. The van der Waals surface area contributed by atoms with Crippen LogP contribution in [0.25, 0.3) is 0 Å². The van der Waals surface area contributed by atoms with E-state index in [0.29, 0.717) is 22.5 Å². The van der Waals surface area contributed by atoms with Gasteiger partial charge in [-0.25, -0.2) is 14.5 Å². The Balaban J connectivity index is 1.45. The summed E-state index contributed by atoms with van der Waals surface area (Å²) in [5.74, 6) is 0.417. The standard InChI is InChI=1S/C28H25Cl2N5O2/c29-22-9-5-19(6-10-22)17-34-27(37)33(15-16-36)26(32-34)35-18-28(14-13-20-3-1-2-4-24(20)28)25(31-35)21-7-11-23(30)12-8-21/h1-12,36H,13-18H2. The van der Waals surface area contributed by atoms with E-state index < -0.39 is 0 Å². The maximum absolute atomic E-state index is 13.3. The smallest absolute Gasteiger partial charge is 0.347 e. The van der Waals surface area contributed by atoms with Crippen LogP contribution >= 0.6 is 23.2 Å². The first-order chi connectivity index (χ1) is 18.0. The third-order valence-corrected chi connectivity index (χ3v) is 7.77. The van der Waals surface area contributed by atoms with Gasteiger partial charge in [0.2, 0.25) is 5.95 Å². The summed E-state index contributed by atoms with van der Waals surface area (Å²) in [6.07, 6.45) is 1.85. The Morgan fingerprint density at radius 2 is 1.65 bits per heavy atom. The summed E-state index contributed by atoms with van der Waals surface area (Å²) in [6, 6.07) is 23.5. The molecular weight excluding hydrogens is 509 g/mol. The summed E-state index contributed by atoms with van der Waals surface area (Å²) < 4.78 is 2.91. The molecule has 9 heteroatoms. The molecule has 2 heterocycles. The number of anilines is 1. The van der Waals surface area contributed by atoms with Crippen molar-refractivity contribution in [1.29, 1.82) is 0 Å². The topological polar surface area (TPSA) is 75.7 Å². The molecule has 1 N–H and O–H groups in total. The van der Waals surface area contributed by atoms with E-state index in [1.165, 1.54) is 20.4 Å². The highest BCUT2D eigenvalue weighted by molar-refractivity contribution is 6.31. The molecule has 0 saturated carbocycles. The van der Waals surface area contributed by atoms with Gasteiger partial charge in [-0.05, 0) is 59.4 Å². The van der Waals surface area contributed by atoms with E-state index >= 15 is 0 Å². The molecule has 1 spiro atoms. The molecule has 1 aliphatic heterocycles. The number of aliphatic hydroxyl groups is 1. The molecular formula is C28H25Cl2N5O2. The lowest BCUT2D eigenvalue weighted by molar-refractivity contribution is 0.274. The number of hydrogen-bond acceptors (Lipinski definition) is 5. The molecule has 2 aliphatic rings. The van der Waals surface area contributed by atoms with E-state index in [4.69, 9.17) is 33.4 Å². The first-order valence-corrected chi connectivity index (χ1v) is 13.0. The number of halogens is 2. The number of hydrazone groups is 1. The minimum Gasteiger partial charge on any atom is -0.395 e. The van der Waals surface area contributed by atoms with Gasteiger partial charge in [0.1, 0.15) is 0 Å². The van der Waals surface area contributed by atoms with Crippen molar-refractivity contribution in [2.45, 2.75) is 31.3 Å². The average Bonchev–Trinajstić information content (AvgIpc) is 3.57. The van der Waals surface area contributed by atoms with Gasteiger partial charge >= 0.3 is 5.69 Å². The summed E-state index contributed by atoms with van der Waals surface area (Å²) in [6.45, 7) is 0.775. The zero-order valence-corrected chi connectivity index (χ0v) is 21.5. The second-order valence-electron chi connectivity index (χ2n) is 9.49. The van der Waals surface area contributed by atoms with Crippen LogP contribution in [0, 0.1) is 0 Å². The summed E-state index contributed by atoms with van der Waals surface area (Å²) in [5, 5.41) is 22.7. The normalized spacial score (nSPS) is 18.5. The lowest BCUT2D eigenvalue weighted by atomic mass is 9.75. The molecule has 1 atom stereocenters. The number of aromatic nitrogens is 3. The van der Waals surface area contributed by atoms with Gasteiger partial charge in [0.05, 0.1) is 37.4 Å². The van der Waals surface area contributed by atoms with E-state index in [1.807, 2.05) is 41.4 Å². The first kappa shape index (κ1) is 24.0. The minimum absolute atomic E-state index is 0.126. The second-order valence-corrected chi connectivity index (χ2v) is 10.4. The van der Waals surface area contributed by atoms with Crippen LogP contribution < -0.4 is 10.7 Å². The summed E-state index contributed by atoms with van der Waals surface area (Å²) in [5.41, 5.74) is 4.75. The molecule has 0 bridgehead atoms. The van der Waals surface area contributed by atoms with Crippen molar-refractivity contribution in [1.82, 2.24) is 14.3 Å².